The number of nitrogens with one attached hydrogen (secondary N) is 1. The first-order valence-corrected chi connectivity index (χ1v) is 7.34. The summed E-state index contributed by atoms with van der Waals surface area (Å²) < 4.78 is 6.48. The summed E-state index contributed by atoms with van der Waals surface area (Å²) in [7, 11) is 0. The van der Waals surface area contributed by atoms with Gasteiger partial charge in [-0.25, -0.2) is 0 Å². The minimum absolute atomic E-state index is 0.382. The maximum Gasteiger partial charge on any atom is 0.230 e. The van der Waals surface area contributed by atoms with E-state index >= 15 is 0 Å². The third kappa shape index (κ3) is 2.87. The Hall–Kier alpha value is -1.20. The van der Waals surface area contributed by atoms with Crippen molar-refractivity contribution in [1.29, 1.82) is 0 Å². The topological polar surface area (TPSA) is 51.0 Å². The van der Waals surface area contributed by atoms with Gasteiger partial charge < -0.3 is 9.84 Å². The van der Waals surface area contributed by atoms with Crippen LogP contribution in [0.5, 0.6) is 0 Å². The molecule has 1 aliphatic heterocycles. The lowest BCUT2D eigenvalue weighted by atomic mass is 9.93. The zero-order valence-electron chi connectivity index (χ0n) is 10.8. The summed E-state index contributed by atoms with van der Waals surface area (Å²) >= 11 is 3.42. The van der Waals surface area contributed by atoms with E-state index in [9.17, 15) is 0 Å². The molecule has 0 radical (unpaired) electrons. The fraction of sp³-hybridized carbons (Fsp3) is 0.429. The number of benzene rings is 1. The van der Waals surface area contributed by atoms with Crippen molar-refractivity contribution in [3.63, 3.8) is 0 Å². The first-order valence-electron chi connectivity index (χ1n) is 6.55. The van der Waals surface area contributed by atoms with Gasteiger partial charge in [0.25, 0.3) is 0 Å². The first-order chi connectivity index (χ1) is 9.22. The van der Waals surface area contributed by atoms with Crippen molar-refractivity contribution >= 4 is 15.9 Å². The number of hydrogen-bond donors (Lipinski definition) is 1. The molecule has 1 aromatic carbocycles. The Morgan fingerprint density at radius 2 is 2.11 bits per heavy atom. The third-order valence-electron chi connectivity index (χ3n) is 3.52. The molecule has 100 valence electrons. The van der Waals surface area contributed by atoms with Gasteiger partial charge in [0.15, 0.2) is 0 Å². The Morgan fingerprint density at radius 3 is 2.84 bits per heavy atom. The van der Waals surface area contributed by atoms with Crippen LogP contribution in [0.4, 0.5) is 0 Å². The van der Waals surface area contributed by atoms with Crippen LogP contribution in [0.25, 0.3) is 11.4 Å². The van der Waals surface area contributed by atoms with Crippen LogP contribution in [-0.4, -0.2) is 22.7 Å². The molecule has 1 aromatic heterocycles. The average molecular weight is 322 g/mol. The molecule has 0 aliphatic carbocycles. The van der Waals surface area contributed by atoms with Gasteiger partial charge >= 0.3 is 0 Å². The highest BCUT2D eigenvalue weighted by Gasteiger charge is 2.25. The Bertz CT molecular complexity index is 552. The van der Waals surface area contributed by atoms with Gasteiger partial charge in [-0.05, 0) is 50.6 Å². The van der Waals surface area contributed by atoms with E-state index in [0.717, 1.165) is 35.3 Å². The van der Waals surface area contributed by atoms with Crippen molar-refractivity contribution in [2.24, 2.45) is 0 Å². The Morgan fingerprint density at radius 1 is 1.32 bits per heavy atom. The van der Waals surface area contributed by atoms with E-state index in [1.807, 2.05) is 24.3 Å². The molecule has 2 aromatic rings. The van der Waals surface area contributed by atoms with Crippen LogP contribution in [0.1, 0.15) is 31.6 Å². The molecule has 2 atom stereocenters. The quantitative estimate of drug-likeness (QED) is 0.921. The van der Waals surface area contributed by atoms with E-state index in [2.05, 4.69) is 38.3 Å². The fourth-order valence-corrected chi connectivity index (χ4v) is 2.74. The van der Waals surface area contributed by atoms with Crippen molar-refractivity contribution in [3.8, 4) is 11.4 Å². The molecule has 0 amide bonds. The molecule has 1 fully saturated rings. The third-order valence-corrected chi connectivity index (χ3v) is 4.05. The number of piperidine rings is 1. The molecular weight excluding hydrogens is 306 g/mol. The molecule has 2 heterocycles. The highest BCUT2D eigenvalue weighted by molar-refractivity contribution is 9.10. The minimum atomic E-state index is 0.382. The van der Waals surface area contributed by atoms with Gasteiger partial charge in [-0.2, -0.15) is 4.98 Å². The van der Waals surface area contributed by atoms with Crippen molar-refractivity contribution in [3.05, 3.63) is 34.6 Å². The molecule has 0 saturated carbocycles. The van der Waals surface area contributed by atoms with Crippen LogP contribution in [0.3, 0.4) is 0 Å². The molecule has 4 nitrogen and oxygen atoms in total. The number of rotatable bonds is 2. The largest absolute Gasteiger partial charge is 0.339 e. The summed E-state index contributed by atoms with van der Waals surface area (Å²) in [5.74, 6) is 1.83. The van der Waals surface area contributed by atoms with Gasteiger partial charge in [-0.1, -0.05) is 21.1 Å². The molecule has 2 unspecified atom stereocenters. The Labute approximate surface area is 120 Å². The lowest BCUT2D eigenvalue weighted by Gasteiger charge is -2.25. The standard InChI is InChI=1S/C14H16BrN3O/c1-9-8-11(6-7-16-9)14-17-13(18-19-14)10-2-4-12(15)5-3-10/h2-5,9,11,16H,6-8H2,1H3. The lowest BCUT2D eigenvalue weighted by molar-refractivity contribution is 0.295. The maximum atomic E-state index is 5.44. The zero-order chi connectivity index (χ0) is 13.2. The number of hydrogen-bond acceptors (Lipinski definition) is 4. The van der Waals surface area contributed by atoms with E-state index in [0.29, 0.717) is 17.8 Å². The Kier molecular flexibility index (Phi) is 3.66. The van der Waals surface area contributed by atoms with E-state index < -0.39 is 0 Å². The van der Waals surface area contributed by atoms with Gasteiger partial charge in [0.05, 0.1) is 0 Å². The van der Waals surface area contributed by atoms with Crippen LogP contribution >= 0.6 is 15.9 Å². The molecule has 0 spiro atoms. The number of nitrogens with zero attached hydrogens (tertiary/aromatic N) is 2. The van der Waals surface area contributed by atoms with E-state index in [1.165, 1.54) is 0 Å². The van der Waals surface area contributed by atoms with Crippen molar-refractivity contribution in [2.45, 2.75) is 31.7 Å². The summed E-state index contributed by atoms with van der Waals surface area (Å²) in [5, 5.41) is 7.53. The van der Waals surface area contributed by atoms with Crippen LogP contribution in [0.2, 0.25) is 0 Å². The summed E-state index contributed by atoms with van der Waals surface area (Å²) in [6, 6.07) is 8.46. The second kappa shape index (κ2) is 5.43. The molecule has 0 bridgehead atoms. The molecule has 3 rings (SSSR count). The van der Waals surface area contributed by atoms with Gasteiger partial charge in [0.1, 0.15) is 0 Å². The maximum absolute atomic E-state index is 5.44. The number of aromatic nitrogens is 2. The summed E-state index contributed by atoms with van der Waals surface area (Å²) in [4.78, 5) is 4.55. The summed E-state index contributed by atoms with van der Waals surface area (Å²) in [6.45, 7) is 3.21. The van der Waals surface area contributed by atoms with Crippen LogP contribution < -0.4 is 5.32 Å². The van der Waals surface area contributed by atoms with Gasteiger partial charge in [0.2, 0.25) is 11.7 Å². The summed E-state index contributed by atoms with van der Waals surface area (Å²) in [5.41, 5.74) is 0.986. The molecule has 1 aliphatic rings. The smallest absolute Gasteiger partial charge is 0.230 e. The highest BCUT2D eigenvalue weighted by atomic mass is 79.9. The number of halogens is 1. The van der Waals surface area contributed by atoms with Crippen LogP contribution in [0, 0.1) is 0 Å². The predicted molar refractivity (Wildman–Crippen MR) is 76.9 cm³/mol. The van der Waals surface area contributed by atoms with E-state index in [-0.39, 0.29) is 0 Å². The Balaban J connectivity index is 1.81. The molecule has 19 heavy (non-hydrogen) atoms. The van der Waals surface area contributed by atoms with Crippen molar-refractivity contribution < 1.29 is 4.52 Å². The molecule has 5 heteroatoms. The molecule has 1 saturated heterocycles. The molecule has 1 N–H and O–H groups in total. The normalized spacial score (nSPS) is 23.5. The monoisotopic (exact) mass is 321 g/mol. The van der Waals surface area contributed by atoms with E-state index in [4.69, 9.17) is 4.52 Å². The lowest BCUT2D eigenvalue weighted by Crippen LogP contribution is -2.34. The highest BCUT2D eigenvalue weighted by Crippen LogP contribution is 2.28. The van der Waals surface area contributed by atoms with Gasteiger partial charge in [0, 0.05) is 22.0 Å². The SMILES string of the molecule is CC1CC(c2nc(-c3ccc(Br)cc3)no2)CCN1. The summed E-state index contributed by atoms with van der Waals surface area (Å²) in [6.07, 6.45) is 2.12. The average Bonchev–Trinajstić information content (AvgIpc) is 2.89. The second-order valence-corrected chi connectivity index (χ2v) is 5.96. The predicted octanol–water partition coefficient (Wildman–Crippen LogP) is 3.35. The van der Waals surface area contributed by atoms with Crippen molar-refractivity contribution in [2.75, 3.05) is 6.54 Å². The van der Waals surface area contributed by atoms with Crippen LogP contribution in [0.15, 0.2) is 33.3 Å². The fourth-order valence-electron chi connectivity index (χ4n) is 2.47. The van der Waals surface area contributed by atoms with Crippen molar-refractivity contribution in [1.82, 2.24) is 15.5 Å². The van der Waals surface area contributed by atoms with Crippen LogP contribution in [-0.2, 0) is 0 Å². The molecular formula is C14H16BrN3O. The van der Waals surface area contributed by atoms with E-state index in [1.54, 1.807) is 0 Å². The first kappa shape index (κ1) is 12.8. The van der Waals surface area contributed by atoms with Gasteiger partial charge in [-0.15, -0.1) is 0 Å². The zero-order valence-corrected chi connectivity index (χ0v) is 12.4. The minimum Gasteiger partial charge on any atom is -0.339 e. The van der Waals surface area contributed by atoms with Gasteiger partial charge in [-0.3, -0.25) is 0 Å². The second-order valence-electron chi connectivity index (χ2n) is 5.04.